The van der Waals surface area contributed by atoms with E-state index in [-0.39, 0.29) is 30.2 Å². The fourth-order valence-electron chi connectivity index (χ4n) is 5.77. The smallest absolute Gasteiger partial charge is 0.277 e. The molecule has 0 spiro atoms. The third kappa shape index (κ3) is 8.67. The number of nitrogens with one attached hydrogen (secondary N) is 3. The Balaban J connectivity index is 1.06. The molecule has 2 heterocycles. The minimum absolute atomic E-state index is 0.00677. The molecule has 6 rings (SSSR count). The number of hydrogen-bond donors (Lipinski definition) is 4. The second-order valence-electron chi connectivity index (χ2n) is 12.1. The predicted octanol–water partition coefficient (Wildman–Crippen LogP) is 4.91. The van der Waals surface area contributed by atoms with Crippen molar-refractivity contribution in [3.05, 3.63) is 148 Å². The van der Waals surface area contributed by atoms with Gasteiger partial charge in [0.15, 0.2) is 0 Å². The van der Waals surface area contributed by atoms with Gasteiger partial charge in [-0.2, -0.15) is 0 Å². The first-order chi connectivity index (χ1) is 23.9. The van der Waals surface area contributed by atoms with Crippen molar-refractivity contribution in [1.29, 1.82) is 0 Å². The van der Waals surface area contributed by atoms with Crippen LogP contribution in [0.3, 0.4) is 0 Å². The molecule has 4 N–H and O–H groups in total. The van der Waals surface area contributed by atoms with E-state index >= 15 is 0 Å². The summed E-state index contributed by atoms with van der Waals surface area (Å²) in [6.07, 6.45) is 7.20. The summed E-state index contributed by atoms with van der Waals surface area (Å²) in [5, 5.41) is 20.2. The number of hydrogen-bond acceptors (Lipinski definition) is 8. The average Bonchev–Trinajstić information content (AvgIpc) is 3.14. The van der Waals surface area contributed by atoms with Crippen LogP contribution in [-0.2, 0) is 19.6 Å². The molecule has 250 valence electrons. The number of rotatable bonds is 14. The van der Waals surface area contributed by atoms with Crippen LogP contribution >= 0.6 is 0 Å². The minimum Gasteiger partial charge on any atom is -0.489 e. The molecular weight excluding hydrogens is 616 g/mol. The van der Waals surface area contributed by atoms with E-state index in [0.717, 1.165) is 28.7 Å². The maximum atomic E-state index is 13.7. The molecule has 10 heteroatoms. The molecule has 10 nitrogen and oxygen atoms in total. The van der Waals surface area contributed by atoms with Gasteiger partial charge in [-0.05, 0) is 59.4 Å². The summed E-state index contributed by atoms with van der Waals surface area (Å²) in [6, 6.07) is 28.3. The number of fused-ring (bicyclic) bond motifs is 1. The normalized spacial score (nSPS) is 14.3. The molecule has 0 radical (unpaired) electrons. The van der Waals surface area contributed by atoms with E-state index in [1.54, 1.807) is 24.3 Å². The first-order valence-electron chi connectivity index (χ1n) is 16.4. The van der Waals surface area contributed by atoms with Crippen LogP contribution in [0.1, 0.15) is 34.0 Å². The predicted molar refractivity (Wildman–Crippen MR) is 191 cm³/mol. The lowest BCUT2D eigenvalue weighted by molar-refractivity contribution is 0.0955. The van der Waals surface area contributed by atoms with Crippen LogP contribution < -0.4 is 26.2 Å². The van der Waals surface area contributed by atoms with Crippen LogP contribution in [-0.4, -0.2) is 51.4 Å². The Bertz CT molecular complexity index is 1940. The van der Waals surface area contributed by atoms with Gasteiger partial charge in [-0.25, -0.2) is 4.98 Å². The molecule has 5 aromatic rings. The van der Waals surface area contributed by atoms with Gasteiger partial charge in [0.25, 0.3) is 11.5 Å². The Labute approximate surface area is 285 Å². The van der Waals surface area contributed by atoms with Crippen molar-refractivity contribution >= 4 is 17.7 Å². The van der Waals surface area contributed by atoms with Crippen molar-refractivity contribution in [3.63, 3.8) is 0 Å². The highest BCUT2D eigenvalue weighted by atomic mass is 16.5. The van der Waals surface area contributed by atoms with Gasteiger partial charge in [0.1, 0.15) is 30.1 Å². The SMILES string of the molecule is CC1Cc2ccncc2C=C1CNC(O)Cn1c(-c2ccccc2)ncc(NCCNC(=O)c2ccc(OCc3ccccc3)cc2)c1=O. The highest BCUT2D eigenvalue weighted by molar-refractivity contribution is 5.94. The van der Waals surface area contributed by atoms with E-state index in [2.05, 4.69) is 38.9 Å². The summed E-state index contributed by atoms with van der Waals surface area (Å²) >= 11 is 0. The Kier molecular flexibility index (Phi) is 10.9. The zero-order valence-corrected chi connectivity index (χ0v) is 27.4. The second kappa shape index (κ2) is 16.0. The van der Waals surface area contributed by atoms with Crippen LogP contribution in [0.15, 0.2) is 120 Å². The number of aliphatic hydroxyl groups is 1. The lowest BCUT2D eigenvalue weighted by atomic mass is 9.85. The van der Waals surface area contributed by atoms with Crippen molar-refractivity contribution < 1.29 is 14.6 Å². The summed E-state index contributed by atoms with van der Waals surface area (Å²) in [5.41, 5.74) is 5.80. The third-order valence-electron chi connectivity index (χ3n) is 8.51. The van der Waals surface area contributed by atoms with E-state index in [1.807, 2.05) is 79.1 Å². The zero-order valence-electron chi connectivity index (χ0n) is 27.4. The van der Waals surface area contributed by atoms with Gasteiger partial charge in [-0.1, -0.05) is 79.2 Å². The maximum Gasteiger partial charge on any atom is 0.277 e. The summed E-state index contributed by atoms with van der Waals surface area (Å²) in [7, 11) is 0. The molecule has 2 aromatic heterocycles. The van der Waals surface area contributed by atoms with Crippen LogP contribution in [0.25, 0.3) is 17.5 Å². The van der Waals surface area contributed by atoms with E-state index in [4.69, 9.17) is 4.74 Å². The second-order valence-corrected chi connectivity index (χ2v) is 12.1. The van der Waals surface area contributed by atoms with Gasteiger partial charge in [0.05, 0.1) is 12.7 Å². The van der Waals surface area contributed by atoms with Crippen molar-refractivity contribution in [3.8, 4) is 17.1 Å². The number of carbonyl (C=O) groups excluding carboxylic acids is 1. The third-order valence-corrected chi connectivity index (χ3v) is 8.51. The molecule has 2 unspecified atom stereocenters. The highest BCUT2D eigenvalue weighted by Gasteiger charge is 2.20. The Morgan fingerprint density at radius 1 is 0.980 bits per heavy atom. The number of pyridine rings is 1. The number of anilines is 1. The fourth-order valence-corrected chi connectivity index (χ4v) is 5.77. The van der Waals surface area contributed by atoms with Crippen molar-refractivity contribution in [2.75, 3.05) is 25.0 Å². The van der Waals surface area contributed by atoms with Crippen molar-refractivity contribution in [2.24, 2.45) is 5.92 Å². The van der Waals surface area contributed by atoms with E-state index in [1.165, 1.54) is 16.3 Å². The average molecular weight is 657 g/mol. The molecule has 0 saturated heterocycles. The maximum absolute atomic E-state index is 13.7. The summed E-state index contributed by atoms with van der Waals surface area (Å²) in [4.78, 5) is 35.3. The lowest BCUT2D eigenvalue weighted by Crippen LogP contribution is -2.39. The highest BCUT2D eigenvalue weighted by Crippen LogP contribution is 2.27. The largest absolute Gasteiger partial charge is 0.489 e. The standard InChI is InChI=1S/C39H40N6O4/c1-27-20-31-16-17-40-22-33(31)21-32(27)23-43-36(46)25-45-37(29-10-6-3-7-11-29)44-24-35(39(45)48)41-18-19-42-38(47)30-12-14-34(15-13-30)49-26-28-8-4-2-5-9-28/h2-17,21-22,24,27,36,41,43,46H,18-20,23,25-26H2,1H3,(H,42,47). The van der Waals surface area contributed by atoms with Gasteiger partial charge in [-0.3, -0.25) is 24.5 Å². The van der Waals surface area contributed by atoms with Crippen LogP contribution in [0.4, 0.5) is 5.69 Å². The Morgan fingerprint density at radius 3 is 2.51 bits per heavy atom. The zero-order chi connectivity index (χ0) is 34.0. The molecule has 0 fully saturated rings. The molecule has 2 atom stereocenters. The first kappa shape index (κ1) is 33.3. The molecular formula is C39H40N6O4. The van der Waals surface area contributed by atoms with Gasteiger partial charge in [0, 0.05) is 43.2 Å². The number of carbonyl (C=O) groups is 1. The monoisotopic (exact) mass is 656 g/mol. The van der Waals surface area contributed by atoms with Crippen LogP contribution in [0, 0.1) is 5.92 Å². The quantitative estimate of drug-likeness (QED) is 0.0981. The molecule has 1 aliphatic rings. The first-order valence-corrected chi connectivity index (χ1v) is 16.4. The summed E-state index contributed by atoms with van der Waals surface area (Å²) in [6.45, 7) is 3.66. The molecule has 0 saturated carbocycles. The van der Waals surface area contributed by atoms with Gasteiger partial charge >= 0.3 is 0 Å². The van der Waals surface area contributed by atoms with Crippen LogP contribution in [0.2, 0.25) is 0 Å². The Morgan fingerprint density at radius 2 is 1.73 bits per heavy atom. The van der Waals surface area contributed by atoms with E-state index < -0.39 is 6.23 Å². The Hall–Kier alpha value is -5.58. The van der Waals surface area contributed by atoms with E-state index in [0.29, 0.717) is 42.8 Å². The number of aliphatic hydroxyl groups excluding tert-OH is 1. The summed E-state index contributed by atoms with van der Waals surface area (Å²) in [5.74, 6) is 1.20. The number of benzene rings is 3. The van der Waals surface area contributed by atoms with E-state index in [9.17, 15) is 14.7 Å². The number of amides is 1. The molecule has 0 aliphatic heterocycles. The number of nitrogens with zero attached hydrogens (tertiary/aromatic N) is 3. The van der Waals surface area contributed by atoms with Crippen molar-refractivity contribution in [1.82, 2.24) is 25.2 Å². The molecule has 49 heavy (non-hydrogen) atoms. The lowest BCUT2D eigenvalue weighted by Gasteiger charge is -2.25. The van der Waals surface area contributed by atoms with Gasteiger partial charge in [0.2, 0.25) is 0 Å². The molecule has 1 aliphatic carbocycles. The number of ether oxygens (including phenoxy) is 1. The number of aromatic nitrogens is 3. The summed E-state index contributed by atoms with van der Waals surface area (Å²) < 4.78 is 7.29. The molecule has 1 amide bonds. The minimum atomic E-state index is -1.00. The van der Waals surface area contributed by atoms with Gasteiger partial charge in [-0.15, -0.1) is 0 Å². The topological polar surface area (TPSA) is 130 Å². The molecule has 0 bridgehead atoms. The molecule has 3 aromatic carbocycles. The van der Waals surface area contributed by atoms with Crippen molar-refractivity contribution in [2.45, 2.75) is 32.7 Å². The fraction of sp³-hybridized carbons (Fsp3) is 0.231. The van der Waals surface area contributed by atoms with Crippen LogP contribution in [0.5, 0.6) is 5.75 Å². The van der Waals surface area contributed by atoms with Gasteiger partial charge < -0.3 is 20.5 Å².